The Bertz CT molecular complexity index is 937. The Hall–Kier alpha value is -3.82. The largest absolute Gasteiger partial charge is 0.474 e. The monoisotopic (exact) mass is 383 g/mol. The smallest absolute Gasteiger partial charge is 0.275 e. The average molecular weight is 383 g/mol. The Morgan fingerprint density at radius 2 is 2.04 bits per heavy atom. The van der Waals surface area contributed by atoms with Crippen molar-refractivity contribution in [1.29, 1.82) is 0 Å². The predicted octanol–water partition coefficient (Wildman–Crippen LogP) is 2.06. The van der Waals surface area contributed by atoms with E-state index in [0.29, 0.717) is 29.4 Å². The van der Waals surface area contributed by atoms with Crippen LogP contribution in [0.2, 0.25) is 0 Å². The molecule has 0 saturated heterocycles. The summed E-state index contributed by atoms with van der Waals surface area (Å²) in [5.41, 5.74) is 7.84. The number of nitrogens with zero attached hydrogens (tertiary/aromatic N) is 4. The van der Waals surface area contributed by atoms with Crippen LogP contribution in [0.4, 0.5) is 21.6 Å². The molecule has 0 fully saturated rings. The van der Waals surface area contributed by atoms with Gasteiger partial charge >= 0.3 is 0 Å². The van der Waals surface area contributed by atoms with Crippen LogP contribution in [0.15, 0.2) is 49.1 Å². The van der Waals surface area contributed by atoms with Crippen LogP contribution >= 0.6 is 0 Å². The Balaban J connectivity index is 1.60. The van der Waals surface area contributed by atoms with Crippen LogP contribution in [0, 0.1) is 0 Å². The molecule has 144 valence electrons. The molecule has 28 heavy (non-hydrogen) atoms. The minimum atomic E-state index is -0.628. The Morgan fingerprint density at radius 3 is 2.79 bits per heavy atom. The number of halogens is 1. The maximum absolute atomic E-state index is 12.3. The number of amides is 1. The molecule has 3 aromatic rings. The van der Waals surface area contributed by atoms with Gasteiger partial charge in [-0.1, -0.05) is 0 Å². The number of aromatic nitrogens is 4. The molecular weight excluding hydrogens is 365 g/mol. The van der Waals surface area contributed by atoms with Gasteiger partial charge in [-0.25, -0.2) is 19.3 Å². The van der Waals surface area contributed by atoms with E-state index in [9.17, 15) is 9.18 Å². The van der Waals surface area contributed by atoms with Gasteiger partial charge in [0.05, 0.1) is 30.3 Å². The van der Waals surface area contributed by atoms with Gasteiger partial charge in [0.1, 0.15) is 24.8 Å². The first-order valence-electron chi connectivity index (χ1n) is 8.37. The van der Waals surface area contributed by atoms with Gasteiger partial charge in [0.15, 0.2) is 0 Å². The normalized spacial score (nSPS) is 10.3. The summed E-state index contributed by atoms with van der Waals surface area (Å²) in [5, 5.41) is 5.86. The predicted molar refractivity (Wildman–Crippen MR) is 102 cm³/mol. The van der Waals surface area contributed by atoms with E-state index in [4.69, 9.17) is 10.5 Å². The van der Waals surface area contributed by atoms with Crippen molar-refractivity contribution in [2.24, 2.45) is 0 Å². The summed E-state index contributed by atoms with van der Waals surface area (Å²) in [5.74, 6) is 0.108. The summed E-state index contributed by atoms with van der Waals surface area (Å²) in [6, 6.07) is 6.97. The summed E-state index contributed by atoms with van der Waals surface area (Å²) in [4.78, 5) is 28.4. The van der Waals surface area contributed by atoms with Crippen LogP contribution in [-0.2, 0) is 6.54 Å². The third-order valence-corrected chi connectivity index (χ3v) is 3.56. The number of rotatable bonds is 8. The molecule has 0 aromatic carbocycles. The van der Waals surface area contributed by atoms with Gasteiger partial charge in [0.25, 0.3) is 5.91 Å². The lowest BCUT2D eigenvalue weighted by molar-refractivity contribution is 0.102. The molecule has 0 atom stereocenters. The third kappa shape index (κ3) is 5.10. The zero-order valence-corrected chi connectivity index (χ0v) is 14.8. The molecule has 0 spiro atoms. The summed E-state index contributed by atoms with van der Waals surface area (Å²) < 4.78 is 17.1. The lowest BCUT2D eigenvalue weighted by atomic mass is 10.3. The summed E-state index contributed by atoms with van der Waals surface area (Å²) >= 11 is 0. The molecule has 0 aliphatic heterocycles. The zero-order chi connectivity index (χ0) is 19.8. The molecule has 3 aromatic heterocycles. The minimum Gasteiger partial charge on any atom is -0.474 e. The van der Waals surface area contributed by atoms with E-state index in [2.05, 4.69) is 30.6 Å². The Morgan fingerprint density at radius 1 is 1.14 bits per heavy atom. The zero-order valence-electron chi connectivity index (χ0n) is 14.8. The molecular formula is C18H18FN7O2. The first-order chi connectivity index (χ1) is 13.7. The Labute approximate surface area is 160 Å². The average Bonchev–Trinajstić information content (AvgIpc) is 2.72. The van der Waals surface area contributed by atoms with E-state index < -0.39 is 12.6 Å². The van der Waals surface area contributed by atoms with Crippen molar-refractivity contribution in [3.8, 4) is 5.88 Å². The van der Waals surface area contributed by atoms with Gasteiger partial charge in [-0.15, -0.1) is 0 Å². The van der Waals surface area contributed by atoms with Crippen molar-refractivity contribution in [3.63, 3.8) is 0 Å². The van der Waals surface area contributed by atoms with Gasteiger partial charge in [-0.2, -0.15) is 0 Å². The molecule has 3 rings (SSSR count). The van der Waals surface area contributed by atoms with Crippen LogP contribution in [-0.4, -0.2) is 39.1 Å². The fourth-order valence-corrected chi connectivity index (χ4v) is 2.25. The van der Waals surface area contributed by atoms with E-state index in [1.807, 2.05) is 6.07 Å². The number of anilines is 3. The highest BCUT2D eigenvalue weighted by Crippen LogP contribution is 2.16. The molecule has 4 N–H and O–H groups in total. The van der Waals surface area contributed by atoms with E-state index in [1.54, 1.807) is 30.6 Å². The highest BCUT2D eigenvalue weighted by Gasteiger charge is 2.10. The highest BCUT2D eigenvalue weighted by atomic mass is 19.1. The second-order valence-electron chi connectivity index (χ2n) is 5.56. The standard InChI is InChI=1S/C18H18FN7O2/c19-4-7-28-16-11-24-15(10-25-16)18(27)26-12-3-6-21-13(8-12)9-23-14-2-1-5-22-17(14)20/h1-3,5-6,8,10-11,23H,4,7,9H2,(H2,20,22)(H,21,26,27). The highest BCUT2D eigenvalue weighted by molar-refractivity contribution is 6.02. The quantitative estimate of drug-likeness (QED) is 0.539. The molecule has 0 aliphatic rings. The first-order valence-corrected chi connectivity index (χ1v) is 8.37. The second kappa shape index (κ2) is 9.21. The maximum Gasteiger partial charge on any atom is 0.275 e. The molecule has 0 saturated carbocycles. The van der Waals surface area contributed by atoms with Gasteiger partial charge in [0, 0.05) is 18.1 Å². The van der Waals surface area contributed by atoms with Crippen molar-refractivity contribution in [2.45, 2.75) is 6.54 Å². The number of hydrogen-bond donors (Lipinski definition) is 3. The Kier molecular flexibility index (Phi) is 6.24. The first kappa shape index (κ1) is 19.0. The van der Waals surface area contributed by atoms with E-state index >= 15 is 0 Å². The fourth-order valence-electron chi connectivity index (χ4n) is 2.25. The summed E-state index contributed by atoms with van der Waals surface area (Å²) in [7, 11) is 0. The van der Waals surface area contributed by atoms with Gasteiger partial charge in [-0.05, 0) is 24.3 Å². The van der Waals surface area contributed by atoms with Gasteiger partial charge in [0.2, 0.25) is 5.88 Å². The number of carbonyl (C=O) groups excluding carboxylic acids is 1. The topological polar surface area (TPSA) is 128 Å². The van der Waals surface area contributed by atoms with Crippen LogP contribution in [0.3, 0.4) is 0 Å². The molecule has 0 radical (unpaired) electrons. The summed E-state index contributed by atoms with van der Waals surface area (Å²) in [6.07, 6.45) is 5.72. The number of pyridine rings is 2. The second-order valence-corrected chi connectivity index (χ2v) is 5.56. The van der Waals surface area contributed by atoms with Crippen molar-refractivity contribution in [2.75, 3.05) is 29.6 Å². The van der Waals surface area contributed by atoms with Gasteiger partial charge in [-0.3, -0.25) is 9.78 Å². The van der Waals surface area contributed by atoms with Crippen molar-refractivity contribution < 1.29 is 13.9 Å². The van der Waals surface area contributed by atoms with E-state index in [1.165, 1.54) is 12.4 Å². The fraction of sp³-hybridized carbons (Fsp3) is 0.167. The summed E-state index contributed by atoms with van der Waals surface area (Å²) in [6.45, 7) is -0.338. The third-order valence-electron chi connectivity index (χ3n) is 3.56. The molecule has 0 bridgehead atoms. The number of nitrogen functional groups attached to an aromatic ring is 1. The van der Waals surface area contributed by atoms with Crippen LogP contribution < -0.4 is 21.1 Å². The maximum atomic E-state index is 12.3. The van der Waals surface area contributed by atoms with Crippen molar-refractivity contribution in [1.82, 2.24) is 19.9 Å². The van der Waals surface area contributed by atoms with Crippen molar-refractivity contribution >= 4 is 23.1 Å². The molecule has 3 heterocycles. The van der Waals surface area contributed by atoms with Crippen LogP contribution in [0.25, 0.3) is 0 Å². The van der Waals surface area contributed by atoms with Crippen LogP contribution in [0.5, 0.6) is 5.88 Å². The minimum absolute atomic E-state index is 0.104. The number of nitrogens with two attached hydrogens (primary N) is 1. The molecule has 9 nitrogen and oxygen atoms in total. The lowest BCUT2D eigenvalue weighted by Gasteiger charge is -2.09. The SMILES string of the molecule is Nc1ncccc1NCc1cc(NC(=O)c2cnc(OCCF)cn2)ccn1. The van der Waals surface area contributed by atoms with Crippen LogP contribution in [0.1, 0.15) is 16.2 Å². The number of hydrogen-bond acceptors (Lipinski definition) is 8. The van der Waals surface area contributed by atoms with E-state index in [-0.39, 0.29) is 18.2 Å². The molecule has 0 aliphatic carbocycles. The van der Waals surface area contributed by atoms with Gasteiger partial charge < -0.3 is 21.1 Å². The molecule has 0 unspecified atom stereocenters. The molecule has 1 amide bonds. The number of ether oxygens (including phenoxy) is 1. The van der Waals surface area contributed by atoms with E-state index in [0.717, 1.165) is 0 Å². The van der Waals surface area contributed by atoms with Crippen molar-refractivity contribution in [3.05, 3.63) is 60.4 Å². The number of alkyl halides is 1. The number of nitrogens with one attached hydrogen (secondary N) is 2. The number of carbonyl (C=O) groups is 1. The molecule has 10 heteroatoms. The lowest BCUT2D eigenvalue weighted by Crippen LogP contribution is -2.15.